The van der Waals surface area contributed by atoms with E-state index in [1.807, 2.05) is 78.9 Å². The number of fused-ring (bicyclic) bond motifs is 1. The Morgan fingerprint density at radius 2 is 1.29 bits per heavy atom. The molecule has 2 heterocycles. The molecule has 0 radical (unpaired) electrons. The van der Waals surface area contributed by atoms with Crippen molar-refractivity contribution in [3.05, 3.63) is 102 Å². The quantitative estimate of drug-likeness (QED) is 0.279. The molecular formula is C32H35N3O3. The first kappa shape index (κ1) is 24.6. The number of hydrogen-bond acceptors (Lipinski definition) is 4. The van der Waals surface area contributed by atoms with Crippen LogP contribution in [0.4, 0.5) is 0 Å². The van der Waals surface area contributed by atoms with Crippen molar-refractivity contribution >= 4 is 0 Å². The summed E-state index contributed by atoms with van der Waals surface area (Å²) in [6.45, 7) is 4.10. The lowest BCUT2D eigenvalue weighted by Gasteiger charge is -2.41. The van der Waals surface area contributed by atoms with Crippen LogP contribution < -0.4 is 15.2 Å². The number of hydrogen-bond donors (Lipinski definition) is 0. The molecule has 4 aromatic rings. The van der Waals surface area contributed by atoms with E-state index in [9.17, 15) is 4.79 Å². The average molecular weight is 510 g/mol. The van der Waals surface area contributed by atoms with Crippen molar-refractivity contribution in [3.8, 4) is 28.6 Å². The van der Waals surface area contributed by atoms with Crippen LogP contribution in [0.25, 0.3) is 11.4 Å². The number of ether oxygens (including phenoxy) is 2. The summed E-state index contributed by atoms with van der Waals surface area (Å²) in [5.41, 5.74) is 1.47. The minimum absolute atomic E-state index is 0.124. The van der Waals surface area contributed by atoms with Gasteiger partial charge in [-0.1, -0.05) is 37.5 Å². The predicted octanol–water partition coefficient (Wildman–Crippen LogP) is 6.31. The van der Waals surface area contributed by atoms with Crippen molar-refractivity contribution in [2.24, 2.45) is 11.8 Å². The van der Waals surface area contributed by atoms with Crippen molar-refractivity contribution in [1.82, 2.24) is 14.0 Å². The summed E-state index contributed by atoms with van der Waals surface area (Å²) in [5.74, 6) is 4.19. The molecule has 2 atom stereocenters. The highest BCUT2D eigenvalue weighted by Gasteiger charge is 2.30. The Hall–Kier alpha value is -3.77. The number of aromatic nitrogens is 2. The van der Waals surface area contributed by atoms with Crippen LogP contribution in [-0.2, 0) is 0 Å². The minimum Gasteiger partial charge on any atom is -0.492 e. The molecule has 6 rings (SSSR count). The minimum atomic E-state index is -0.124. The summed E-state index contributed by atoms with van der Waals surface area (Å²) in [7, 11) is 0. The third-order valence-corrected chi connectivity index (χ3v) is 8.04. The summed E-state index contributed by atoms with van der Waals surface area (Å²) in [6, 6.07) is 24.9. The van der Waals surface area contributed by atoms with Gasteiger partial charge in [0.2, 0.25) is 0 Å². The van der Waals surface area contributed by atoms with E-state index in [1.54, 1.807) is 21.5 Å². The first-order chi connectivity index (χ1) is 18.7. The molecule has 3 aromatic carbocycles. The first-order valence-electron chi connectivity index (χ1n) is 13.8. The van der Waals surface area contributed by atoms with E-state index in [1.165, 1.54) is 45.2 Å². The molecule has 0 N–H and O–H groups in total. The molecule has 1 saturated heterocycles. The van der Waals surface area contributed by atoms with Crippen LogP contribution >= 0.6 is 0 Å². The van der Waals surface area contributed by atoms with Crippen molar-refractivity contribution < 1.29 is 9.47 Å². The molecule has 0 unspecified atom stereocenters. The van der Waals surface area contributed by atoms with Gasteiger partial charge in [-0.05, 0) is 91.9 Å². The Morgan fingerprint density at radius 1 is 0.684 bits per heavy atom. The lowest BCUT2D eigenvalue weighted by molar-refractivity contribution is 0.0766. The molecule has 2 aliphatic rings. The zero-order valence-corrected chi connectivity index (χ0v) is 21.7. The van der Waals surface area contributed by atoms with Gasteiger partial charge >= 0.3 is 5.69 Å². The third-order valence-electron chi connectivity index (χ3n) is 8.04. The largest absolute Gasteiger partial charge is 0.492 e. The average Bonchev–Trinajstić information content (AvgIpc) is 3.35. The Balaban J connectivity index is 1.04. The fraction of sp³-hybridized carbons (Fsp3) is 0.344. The van der Waals surface area contributed by atoms with Crippen molar-refractivity contribution in [2.45, 2.75) is 32.1 Å². The van der Waals surface area contributed by atoms with Crippen LogP contribution in [0.2, 0.25) is 0 Å². The number of nitrogens with zero attached hydrogens (tertiary/aromatic N) is 3. The monoisotopic (exact) mass is 509 g/mol. The second-order valence-electron chi connectivity index (χ2n) is 10.5. The Morgan fingerprint density at radius 3 is 1.97 bits per heavy atom. The molecule has 6 heteroatoms. The zero-order valence-electron chi connectivity index (χ0n) is 21.7. The van der Waals surface area contributed by atoms with Gasteiger partial charge in [0.15, 0.2) is 0 Å². The molecule has 2 fully saturated rings. The maximum Gasteiger partial charge on any atom is 0.337 e. The van der Waals surface area contributed by atoms with E-state index in [-0.39, 0.29) is 5.69 Å². The highest BCUT2D eigenvalue weighted by atomic mass is 16.5. The molecular weight excluding hydrogens is 474 g/mol. The van der Waals surface area contributed by atoms with Crippen LogP contribution in [0.3, 0.4) is 0 Å². The fourth-order valence-electron chi connectivity index (χ4n) is 5.94. The Bertz CT molecular complexity index is 1380. The molecule has 0 amide bonds. The number of piperidine rings is 1. The maximum absolute atomic E-state index is 13.1. The van der Waals surface area contributed by atoms with Gasteiger partial charge in [0.05, 0.1) is 11.4 Å². The molecule has 0 bridgehead atoms. The molecule has 1 aliphatic heterocycles. The van der Waals surface area contributed by atoms with E-state index in [4.69, 9.17) is 9.47 Å². The van der Waals surface area contributed by atoms with Gasteiger partial charge in [0.25, 0.3) is 0 Å². The van der Waals surface area contributed by atoms with Crippen LogP contribution in [-0.4, -0.2) is 40.3 Å². The molecule has 1 aliphatic carbocycles. The van der Waals surface area contributed by atoms with E-state index in [0.717, 1.165) is 47.0 Å². The summed E-state index contributed by atoms with van der Waals surface area (Å²) < 4.78 is 15.2. The predicted molar refractivity (Wildman–Crippen MR) is 150 cm³/mol. The van der Waals surface area contributed by atoms with E-state index in [0.29, 0.717) is 6.61 Å². The summed E-state index contributed by atoms with van der Waals surface area (Å²) in [6.07, 6.45) is 10.6. The molecule has 0 spiro atoms. The molecule has 6 nitrogen and oxygen atoms in total. The van der Waals surface area contributed by atoms with Gasteiger partial charge in [-0.2, -0.15) is 0 Å². The number of para-hydroxylation sites is 1. The normalized spacial score (nSPS) is 19.6. The van der Waals surface area contributed by atoms with Crippen LogP contribution in [0.1, 0.15) is 32.1 Å². The second kappa shape index (κ2) is 11.3. The van der Waals surface area contributed by atoms with Crippen LogP contribution in [0.5, 0.6) is 17.2 Å². The summed E-state index contributed by atoms with van der Waals surface area (Å²) >= 11 is 0. The standard InChI is InChI=1S/C32H35N3O3/c36-32-34(20-21-35(32)28-12-16-31(17-13-28)38-30-8-2-1-3-9-30)27-10-14-29(15-11-27)37-23-22-33-19-18-25-6-4-5-7-26(25)24-33/h1-3,8-17,20-21,25-26H,4-7,18-19,22-24H2/t25-,26+/m0/s1. The molecule has 196 valence electrons. The van der Waals surface area contributed by atoms with Gasteiger partial charge in [-0.25, -0.2) is 4.79 Å². The molecule has 1 aromatic heterocycles. The van der Waals surface area contributed by atoms with Gasteiger partial charge in [0.1, 0.15) is 23.9 Å². The van der Waals surface area contributed by atoms with Gasteiger partial charge in [-0.15, -0.1) is 0 Å². The molecule has 1 saturated carbocycles. The van der Waals surface area contributed by atoms with Gasteiger partial charge in [-0.3, -0.25) is 14.0 Å². The fourth-order valence-corrected chi connectivity index (χ4v) is 5.94. The van der Waals surface area contributed by atoms with E-state index < -0.39 is 0 Å². The van der Waals surface area contributed by atoms with Crippen molar-refractivity contribution in [3.63, 3.8) is 0 Å². The third kappa shape index (κ3) is 5.55. The van der Waals surface area contributed by atoms with Crippen LogP contribution in [0, 0.1) is 11.8 Å². The number of benzene rings is 3. The Kier molecular flexibility index (Phi) is 7.31. The SMILES string of the molecule is O=c1n(-c2ccc(OCCN3CC[C@@H]4CCCC[C@@H]4C3)cc2)ccn1-c1ccc(Oc2ccccc2)cc1. The molecule has 38 heavy (non-hydrogen) atoms. The zero-order chi connectivity index (χ0) is 25.7. The van der Waals surface area contributed by atoms with Crippen molar-refractivity contribution in [2.75, 3.05) is 26.2 Å². The van der Waals surface area contributed by atoms with Gasteiger partial charge in [0, 0.05) is 25.5 Å². The topological polar surface area (TPSA) is 48.6 Å². The highest BCUT2D eigenvalue weighted by molar-refractivity contribution is 5.41. The highest BCUT2D eigenvalue weighted by Crippen LogP contribution is 2.35. The first-order valence-corrected chi connectivity index (χ1v) is 13.8. The van der Waals surface area contributed by atoms with Crippen LogP contribution in [0.15, 0.2) is 96.1 Å². The smallest absolute Gasteiger partial charge is 0.337 e. The van der Waals surface area contributed by atoms with Gasteiger partial charge < -0.3 is 9.47 Å². The maximum atomic E-state index is 13.1. The second-order valence-corrected chi connectivity index (χ2v) is 10.5. The summed E-state index contributed by atoms with van der Waals surface area (Å²) in [4.78, 5) is 15.7. The number of imidazole rings is 1. The van der Waals surface area contributed by atoms with E-state index >= 15 is 0 Å². The summed E-state index contributed by atoms with van der Waals surface area (Å²) in [5, 5.41) is 0. The lowest BCUT2D eigenvalue weighted by atomic mass is 9.75. The number of likely N-dealkylation sites (tertiary alicyclic amines) is 1. The van der Waals surface area contributed by atoms with E-state index in [2.05, 4.69) is 4.90 Å². The number of rotatable bonds is 8. The van der Waals surface area contributed by atoms with Crippen molar-refractivity contribution in [1.29, 1.82) is 0 Å². The lowest BCUT2D eigenvalue weighted by Crippen LogP contribution is -2.43. The Labute approximate surface area is 224 Å².